The molecule has 0 heterocycles. The molecule has 1 atom stereocenters. The van der Waals surface area contributed by atoms with Gasteiger partial charge in [0, 0.05) is 6.61 Å². The van der Waals surface area contributed by atoms with Gasteiger partial charge in [0.15, 0.2) is 0 Å². The monoisotopic (exact) mass is 272 g/mol. The summed E-state index contributed by atoms with van der Waals surface area (Å²) >= 11 is 0. The molecule has 0 saturated carbocycles. The van der Waals surface area contributed by atoms with Crippen molar-refractivity contribution in [3.8, 4) is 0 Å². The van der Waals surface area contributed by atoms with Crippen molar-refractivity contribution in [2.24, 2.45) is 5.73 Å². The van der Waals surface area contributed by atoms with Crippen LogP contribution in [-0.4, -0.2) is 31.1 Å². The zero-order valence-corrected chi connectivity index (χ0v) is 12.2. The van der Waals surface area contributed by atoms with Gasteiger partial charge >= 0.3 is 0 Å². The van der Waals surface area contributed by atoms with Crippen LogP contribution in [0.3, 0.4) is 0 Å². The van der Waals surface area contributed by atoms with Gasteiger partial charge in [-0.1, -0.05) is 45.4 Å². The summed E-state index contributed by atoms with van der Waals surface area (Å²) in [5.41, 5.74) is 5.28. The van der Waals surface area contributed by atoms with Crippen molar-refractivity contribution >= 4 is 11.8 Å². The Kier molecular flexibility index (Phi) is 11.3. The van der Waals surface area contributed by atoms with Crippen LogP contribution in [0.5, 0.6) is 0 Å². The standard InChI is InChI=1S/C14H28N2O3/c1-3-5-6-7-8-9-10-12(14(15)18)16-13(17)11-19-4-2/h12H,3-11H2,1-2H3,(H2,15,18)(H,16,17)/t12-/m0/s1. The summed E-state index contributed by atoms with van der Waals surface area (Å²) in [6.45, 7) is 4.45. The molecule has 0 aromatic rings. The molecule has 5 heteroatoms. The fourth-order valence-corrected chi connectivity index (χ4v) is 1.85. The molecule has 0 fully saturated rings. The van der Waals surface area contributed by atoms with Crippen LogP contribution in [-0.2, 0) is 14.3 Å². The lowest BCUT2D eigenvalue weighted by Gasteiger charge is -2.15. The summed E-state index contributed by atoms with van der Waals surface area (Å²) in [6, 6.07) is -0.570. The molecule has 0 saturated heterocycles. The average Bonchev–Trinajstić information content (AvgIpc) is 2.38. The van der Waals surface area contributed by atoms with Crippen LogP contribution in [0.2, 0.25) is 0 Å². The molecule has 5 nitrogen and oxygen atoms in total. The molecule has 0 radical (unpaired) electrons. The fourth-order valence-electron chi connectivity index (χ4n) is 1.85. The van der Waals surface area contributed by atoms with E-state index in [1.165, 1.54) is 25.7 Å². The number of nitrogens with two attached hydrogens (primary N) is 1. The smallest absolute Gasteiger partial charge is 0.246 e. The predicted octanol–water partition coefficient (Wildman–Crippen LogP) is 1.74. The van der Waals surface area contributed by atoms with Crippen molar-refractivity contribution in [1.29, 1.82) is 0 Å². The molecular formula is C14H28N2O3. The Labute approximate surface area is 116 Å². The Balaban J connectivity index is 3.80. The second-order valence-corrected chi connectivity index (χ2v) is 4.72. The van der Waals surface area contributed by atoms with Crippen LogP contribution in [0.15, 0.2) is 0 Å². The molecule has 0 aromatic carbocycles. The number of ether oxygens (including phenoxy) is 1. The van der Waals surface area contributed by atoms with E-state index in [-0.39, 0.29) is 12.5 Å². The molecule has 3 N–H and O–H groups in total. The van der Waals surface area contributed by atoms with Crippen molar-refractivity contribution in [3.05, 3.63) is 0 Å². The highest BCUT2D eigenvalue weighted by atomic mass is 16.5. The van der Waals surface area contributed by atoms with Crippen molar-refractivity contribution < 1.29 is 14.3 Å². The van der Waals surface area contributed by atoms with Crippen LogP contribution < -0.4 is 11.1 Å². The van der Waals surface area contributed by atoms with Crippen molar-refractivity contribution in [1.82, 2.24) is 5.32 Å². The average molecular weight is 272 g/mol. The highest BCUT2D eigenvalue weighted by Gasteiger charge is 2.17. The van der Waals surface area contributed by atoms with Crippen LogP contribution in [0, 0.1) is 0 Å². The highest BCUT2D eigenvalue weighted by Crippen LogP contribution is 2.08. The summed E-state index contributed by atoms with van der Waals surface area (Å²) in [5, 5.41) is 2.61. The Hall–Kier alpha value is -1.10. The lowest BCUT2D eigenvalue weighted by atomic mass is 10.1. The number of nitrogens with one attached hydrogen (secondary N) is 1. The molecule has 0 unspecified atom stereocenters. The van der Waals surface area contributed by atoms with E-state index in [0.717, 1.165) is 12.8 Å². The molecule has 112 valence electrons. The third kappa shape index (κ3) is 10.5. The van der Waals surface area contributed by atoms with E-state index in [0.29, 0.717) is 13.0 Å². The van der Waals surface area contributed by atoms with Gasteiger partial charge in [0.05, 0.1) is 0 Å². The van der Waals surface area contributed by atoms with Crippen molar-refractivity contribution in [2.75, 3.05) is 13.2 Å². The first-order chi connectivity index (χ1) is 9.11. The van der Waals surface area contributed by atoms with Crippen LogP contribution in [0.4, 0.5) is 0 Å². The second-order valence-electron chi connectivity index (χ2n) is 4.72. The van der Waals surface area contributed by atoms with Gasteiger partial charge in [0.1, 0.15) is 12.6 Å². The number of amides is 2. The zero-order chi connectivity index (χ0) is 14.5. The zero-order valence-electron chi connectivity index (χ0n) is 12.2. The highest BCUT2D eigenvalue weighted by molar-refractivity contribution is 5.86. The van der Waals surface area contributed by atoms with E-state index in [2.05, 4.69) is 12.2 Å². The molecule has 0 bridgehead atoms. The summed E-state index contributed by atoms with van der Waals surface area (Å²) in [4.78, 5) is 22.7. The molecule has 0 aliphatic carbocycles. The lowest BCUT2D eigenvalue weighted by Crippen LogP contribution is -2.45. The third-order valence-electron chi connectivity index (χ3n) is 2.96. The quantitative estimate of drug-likeness (QED) is 0.531. The summed E-state index contributed by atoms with van der Waals surface area (Å²) in [5.74, 6) is -0.755. The first kappa shape index (κ1) is 17.9. The Morgan fingerprint density at radius 2 is 1.74 bits per heavy atom. The minimum absolute atomic E-state index is 0.0171. The summed E-state index contributed by atoms with van der Waals surface area (Å²) in [6.07, 6.45) is 7.47. The van der Waals surface area contributed by atoms with E-state index >= 15 is 0 Å². The number of hydrogen-bond acceptors (Lipinski definition) is 3. The first-order valence-corrected chi connectivity index (χ1v) is 7.28. The van der Waals surface area contributed by atoms with Gasteiger partial charge in [-0.25, -0.2) is 0 Å². The van der Waals surface area contributed by atoms with E-state index < -0.39 is 11.9 Å². The second kappa shape index (κ2) is 12.0. The fraction of sp³-hybridized carbons (Fsp3) is 0.857. The van der Waals surface area contributed by atoms with E-state index in [4.69, 9.17) is 10.5 Å². The largest absolute Gasteiger partial charge is 0.372 e. The van der Waals surface area contributed by atoms with E-state index in [1.807, 2.05) is 6.92 Å². The van der Waals surface area contributed by atoms with Crippen molar-refractivity contribution in [2.45, 2.75) is 64.8 Å². The summed E-state index contributed by atoms with van der Waals surface area (Å²) in [7, 11) is 0. The van der Waals surface area contributed by atoms with Gasteiger partial charge in [-0.05, 0) is 13.3 Å². The van der Waals surface area contributed by atoms with Crippen LogP contribution >= 0.6 is 0 Å². The lowest BCUT2D eigenvalue weighted by molar-refractivity contribution is -0.130. The topological polar surface area (TPSA) is 81.4 Å². The molecule has 0 rings (SSSR count). The van der Waals surface area contributed by atoms with Crippen LogP contribution in [0.1, 0.15) is 58.8 Å². The minimum Gasteiger partial charge on any atom is -0.372 e. The molecule has 0 aliphatic heterocycles. The molecule has 0 spiro atoms. The first-order valence-electron chi connectivity index (χ1n) is 7.28. The van der Waals surface area contributed by atoms with Gasteiger partial charge in [-0.3, -0.25) is 9.59 Å². The molecular weight excluding hydrogens is 244 g/mol. The van der Waals surface area contributed by atoms with Gasteiger partial charge in [0.2, 0.25) is 11.8 Å². The summed E-state index contributed by atoms with van der Waals surface area (Å²) < 4.78 is 4.98. The number of carbonyl (C=O) groups excluding carboxylic acids is 2. The number of primary amides is 1. The number of hydrogen-bond donors (Lipinski definition) is 2. The van der Waals surface area contributed by atoms with Crippen molar-refractivity contribution in [3.63, 3.8) is 0 Å². The number of unbranched alkanes of at least 4 members (excludes halogenated alkanes) is 5. The SMILES string of the molecule is CCCCCCCC[C@H](NC(=O)COCC)C(N)=O. The maximum absolute atomic E-state index is 11.4. The third-order valence-corrected chi connectivity index (χ3v) is 2.96. The molecule has 0 aliphatic rings. The van der Waals surface area contributed by atoms with E-state index in [1.54, 1.807) is 0 Å². The Morgan fingerprint density at radius 3 is 2.32 bits per heavy atom. The normalized spacial score (nSPS) is 12.1. The minimum atomic E-state index is -0.570. The Morgan fingerprint density at radius 1 is 1.11 bits per heavy atom. The van der Waals surface area contributed by atoms with Gasteiger partial charge < -0.3 is 15.8 Å². The maximum Gasteiger partial charge on any atom is 0.246 e. The maximum atomic E-state index is 11.4. The van der Waals surface area contributed by atoms with E-state index in [9.17, 15) is 9.59 Å². The number of carbonyl (C=O) groups is 2. The van der Waals surface area contributed by atoms with Crippen LogP contribution in [0.25, 0.3) is 0 Å². The van der Waals surface area contributed by atoms with Gasteiger partial charge in [-0.2, -0.15) is 0 Å². The van der Waals surface area contributed by atoms with Gasteiger partial charge in [0.25, 0.3) is 0 Å². The van der Waals surface area contributed by atoms with Gasteiger partial charge in [-0.15, -0.1) is 0 Å². The molecule has 0 aromatic heterocycles. The molecule has 2 amide bonds. The number of rotatable bonds is 12. The Bertz CT molecular complexity index is 257. The molecule has 19 heavy (non-hydrogen) atoms. The predicted molar refractivity (Wildman–Crippen MR) is 75.6 cm³/mol.